The van der Waals surface area contributed by atoms with E-state index in [9.17, 15) is 0 Å². The van der Waals surface area contributed by atoms with Gasteiger partial charge in [-0.05, 0) is 66.0 Å². The highest BCUT2D eigenvalue weighted by Gasteiger charge is 2.20. The molecular formula is C13H18INO. The van der Waals surface area contributed by atoms with Gasteiger partial charge in [0.05, 0.1) is 9.67 Å². The maximum absolute atomic E-state index is 6.05. The number of hydrogen-bond donors (Lipinski definition) is 1. The van der Waals surface area contributed by atoms with Gasteiger partial charge in [0.2, 0.25) is 0 Å². The van der Waals surface area contributed by atoms with Crippen LogP contribution in [0.25, 0.3) is 0 Å². The quantitative estimate of drug-likeness (QED) is 0.660. The van der Waals surface area contributed by atoms with Gasteiger partial charge in [-0.2, -0.15) is 0 Å². The first-order chi connectivity index (χ1) is 7.65. The smallest absolute Gasteiger partial charge is 0.133 e. The van der Waals surface area contributed by atoms with Crippen LogP contribution in [0.2, 0.25) is 0 Å². The van der Waals surface area contributed by atoms with Crippen LogP contribution in [0, 0.1) is 9.49 Å². The van der Waals surface area contributed by atoms with Crippen molar-refractivity contribution in [2.45, 2.75) is 38.7 Å². The predicted molar refractivity (Wildman–Crippen MR) is 75.6 cm³/mol. The molecule has 2 nitrogen and oxygen atoms in total. The van der Waals surface area contributed by atoms with Crippen LogP contribution < -0.4 is 10.5 Å². The molecule has 2 N–H and O–H groups in total. The Bertz CT molecular complexity index is 367. The molecule has 1 aliphatic carbocycles. The van der Waals surface area contributed by atoms with Crippen LogP contribution >= 0.6 is 22.6 Å². The van der Waals surface area contributed by atoms with E-state index in [0.29, 0.717) is 6.10 Å². The third-order valence-corrected chi connectivity index (χ3v) is 3.98. The summed E-state index contributed by atoms with van der Waals surface area (Å²) < 4.78 is 7.16. The van der Waals surface area contributed by atoms with Crippen molar-refractivity contribution in [2.24, 2.45) is 5.92 Å². The molecule has 0 aromatic heterocycles. The van der Waals surface area contributed by atoms with Crippen LogP contribution in [0.5, 0.6) is 5.75 Å². The van der Waals surface area contributed by atoms with Gasteiger partial charge in [-0.15, -0.1) is 0 Å². The van der Waals surface area contributed by atoms with Gasteiger partial charge in [-0.1, -0.05) is 13.3 Å². The number of halogens is 1. The summed E-state index contributed by atoms with van der Waals surface area (Å²) in [5.41, 5.74) is 6.52. The Morgan fingerprint density at radius 2 is 2.19 bits per heavy atom. The Morgan fingerprint density at radius 3 is 2.88 bits per heavy atom. The van der Waals surface area contributed by atoms with E-state index in [1.54, 1.807) is 0 Å². The molecule has 0 aliphatic heterocycles. The zero-order valence-corrected chi connectivity index (χ0v) is 11.7. The first-order valence-electron chi connectivity index (χ1n) is 5.87. The van der Waals surface area contributed by atoms with Gasteiger partial charge in [-0.25, -0.2) is 0 Å². The zero-order chi connectivity index (χ0) is 11.5. The maximum Gasteiger partial charge on any atom is 0.133 e. The second-order valence-electron chi connectivity index (χ2n) is 4.70. The Hall–Kier alpha value is -0.450. The molecule has 1 fully saturated rings. The highest BCUT2D eigenvalue weighted by molar-refractivity contribution is 14.1. The molecule has 0 spiro atoms. The van der Waals surface area contributed by atoms with E-state index >= 15 is 0 Å². The van der Waals surface area contributed by atoms with Crippen LogP contribution in [0.4, 0.5) is 5.69 Å². The second kappa shape index (κ2) is 5.25. The van der Waals surface area contributed by atoms with Crippen LogP contribution in [-0.4, -0.2) is 6.10 Å². The Labute approximate surface area is 111 Å². The molecule has 16 heavy (non-hydrogen) atoms. The fourth-order valence-electron chi connectivity index (χ4n) is 2.28. The molecule has 0 amide bonds. The van der Waals surface area contributed by atoms with Crippen molar-refractivity contribution < 1.29 is 4.74 Å². The first kappa shape index (κ1) is 12.0. The van der Waals surface area contributed by atoms with Crippen molar-refractivity contribution in [1.82, 2.24) is 0 Å². The molecule has 0 bridgehead atoms. The number of benzene rings is 1. The first-order valence-corrected chi connectivity index (χ1v) is 6.94. The minimum absolute atomic E-state index is 0.390. The third kappa shape index (κ3) is 3.03. The summed E-state index contributed by atoms with van der Waals surface area (Å²) in [5.74, 6) is 1.78. The zero-order valence-electron chi connectivity index (χ0n) is 9.58. The lowest BCUT2D eigenvalue weighted by molar-refractivity contribution is 0.128. The van der Waals surface area contributed by atoms with Gasteiger partial charge in [0.15, 0.2) is 0 Å². The van der Waals surface area contributed by atoms with E-state index in [2.05, 4.69) is 29.5 Å². The third-order valence-electron chi connectivity index (χ3n) is 3.14. The lowest BCUT2D eigenvalue weighted by Gasteiger charge is -2.27. The standard InChI is InChI=1S/C13H18INO/c1-9-3-2-4-11(7-9)16-13-6-5-10(15)8-12(13)14/h5-6,8-9,11H,2-4,7,15H2,1H3. The van der Waals surface area contributed by atoms with E-state index in [-0.39, 0.29) is 0 Å². The molecule has 0 saturated heterocycles. The molecule has 1 aromatic carbocycles. The highest BCUT2D eigenvalue weighted by Crippen LogP contribution is 2.30. The average Bonchev–Trinajstić information content (AvgIpc) is 2.22. The van der Waals surface area contributed by atoms with Gasteiger partial charge < -0.3 is 10.5 Å². The van der Waals surface area contributed by atoms with E-state index in [1.807, 2.05) is 18.2 Å². The van der Waals surface area contributed by atoms with Crippen LogP contribution in [0.1, 0.15) is 32.6 Å². The van der Waals surface area contributed by atoms with E-state index < -0.39 is 0 Å². The van der Waals surface area contributed by atoms with Crippen molar-refractivity contribution in [2.75, 3.05) is 5.73 Å². The number of nitrogen functional groups attached to an aromatic ring is 1. The predicted octanol–water partition coefficient (Wildman–Crippen LogP) is 3.83. The molecule has 2 rings (SSSR count). The number of anilines is 1. The molecule has 0 heterocycles. The Kier molecular flexibility index (Phi) is 3.95. The average molecular weight is 331 g/mol. The molecule has 1 aliphatic rings. The summed E-state index contributed by atoms with van der Waals surface area (Å²) in [6, 6.07) is 5.85. The topological polar surface area (TPSA) is 35.2 Å². The Balaban J connectivity index is 2.02. The molecule has 0 radical (unpaired) electrons. The van der Waals surface area contributed by atoms with Gasteiger partial charge in [0, 0.05) is 5.69 Å². The number of ether oxygens (including phenoxy) is 1. The maximum atomic E-state index is 6.05. The largest absolute Gasteiger partial charge is 0.489 e. The number of rotatable bonds is 2. The minimum atomic E-state index is 0.390. The van der Waals surface area contributed by atoms with Crippen molar-refractivity contribution in [1.29, 1.82) is 0 Å². The summed E-state index contributed by atoms with van der Waals surface area (Å²) >= 11 is 2.28. The van der Waals surface area contributed by atoms with Crippen molar-refractivity contribution in [3.05, 3.63) is 21.8 Å². The summed E-state index contributed by atoms with van der Waals surface area (Å²) in [6.45, 7) is 2.31. The summed E-state index contributed by atoms with van der Waals surface area (Å²) in [7, 11) is 0. The molecule has 1 saturated carbocycles. The van der Waals surface area contributed by atoms with Crippen LogP contribution in [0.3, 0.4) is 0 Å². The molecule has 1 aromatic rings. The fraction of sp³-hybridized carbons (Fsp3) is 0.538. The van der Waals surface area contributed by atoms with Gasteiger partial charge >= 0.3 is 0 Å². The van der Waals surface area contributed by atoms with E-state index in [0.717, 1.165) is 20.9 Å². The van der Waals surface area contributed by atoms with Gasteiger partial charge in [0.25, 0.3) is 0 Å². The fourth-order valence-corrected chi connectivity index (χ4v) is 2.94. The highest BCUT2D eigenvalue weighted by atomic mass is 127. The van der Waals surface area contributed by atoms with Crippen molar-refractivity contribution >= 4 is 28.3 Å². The van der Waals surface area contributed by atoms with Gasteiger partial charge in [0.1, 0.15) is 5.75 Å². The molecule has 88 valence electrons. The Morgan fingerprint density at radius 1 is 1.38 bits per heavy atom. The summed E-state index contributed by atoms with van der Waals surface area (Å²) in [6.07, 6.45) is 5.39. The lowest BCUT2D eigenvalue weighted by Crippen LogP contribution is -2.24. The normalized spacial score (nSPS) is 25.4. The minimum Gasteiger partial charge on any atom is -0.489 e. The summed E-state index contributed by atoms with van der Waals surface area (Å²) in [5, 5.41) is 0. The molecule has 2 unspecified atom stereocenters. The number of hydrogen-bond acceptors (Lipinski definition) is 2. The van der Waals surface area contributed by atoms with Crippen LogP contribution in [-0.2, 0) is 0 Å². The van der Waals surface area contributed by atoms with Crippen LogP contribution in [0.15, 0.2) is 18.2 Å². The van der Waals surface area contributed by atoms with Crippen molar-refractivity contribution in [3.63, 3.8) is 0 Å². The number of nitrogens with two attached hydrogens (primary N) is 1. The molecule has 2 atom stereocenters. The molecule has 3 heteroatoms. The van der Waals surface area contributed by atoms with Gasteiger partial charge in [-0.3, -0.25) is 0 Å². The molecular weight excluding hydrogens is 313 g/mol. The van der Waals surface area contributed by atoms with E-state index in [4.69, 9.17) is 10.5 Å². The second-order valence-corrected chi connectivity index (χ2v) is 5.86. The SMILES string of the molecule is CC1CCCC(Oc2ccc(N)cc2I)C1. The van der Waals surface area contributed by atoms with E-state index in [1.165, 1.54) is 25.7 Å². The monoisotopic (exact) mass is 331 g/mol. The lowest BCUT2D eigenvalue weighted by atomic mass is 9.89. The van der Waals surface area contributed by atoms with Crippen molar-refractivity contribution in [3.8, 4) is 5.75 Å². The summed E-state index contributed by atoms with van der Waals surface area (Å²) in [4.78, 5) is 0.